The van der Waals surface area contributed by atoms with E-state index in [1.54, 1.807) is 13.8 Å². The second-order valence-corrected chi connectivity index (χ2v) is 8.95. The van der Waals surface area contributed by atoms with Gasteiger partial charge in [0.25, 0.3) is 6.29 Å². The number of carbonyl (C=O) groups excluding carboxylic acids is 2. The van der Waals surface area contributed by atoms with E-state index in [4.69, 9.17) is 14.2 Å². The van der Waals surface area contributed by atoms with E-state index >= 15 is 0 Å². The summed E-state index contributed by atoms with van der Waals surface area (Å²) in [6.07, 6.45) is 7.24. The van der Waals surface area contributed by atoms with Crippen LogP contribution in [0.5, 0.6) is 0 Å². The van der Waals surface area contributed by atoms with Gasteiger partial charge in [-0.1, -0.05) is 44.0 Å². The molecule has 6 nitrogen and oxygen atoms in total. The highest BCUT2D eigenvalue weighted by atomic mass is 16.8. The molecule has 0 amide bonds. The van der Waals surface area contributed by atoms with Gasteiger partial charge in [0.2, 0.25) is 0 Å². The standard InChI is InChI=1S/C25H36O6/c1-3-23(31-25(28)29-21-9-5-4-6-10-21)30-24(27)17(2)19-14-12-18(13-15-19)16-20-8-7-11-22(20)26/h12-15,17,20-23,26H,3-11,16H2,1-2H3/t17-,20+,22-,23?/m0/s1. The minimum absolute atomic E-state index is 0.0998. The summed E-state index contributed by atoms with van der Waals surface area (Å²) in [7, 11) is 0. The summed E-state index contributed by atoms with van der Waals surface area (Å²) in [5, 5.41) is 10.0. The maximum absolute atomic E-state index is 12.6. The normalized spacial score (nSPS) is 23.7. The van der Waals surface area contributed by atoms with Crippen LogP contribution in [0.3, 0.4) is 0 Å². The average Bonchev–Trinajstić information content (AvgIpc) is 3.18. The largest absolute Gasteiger partial charge is 0.511 e. The predicted molar refractivity (Wildman–Crippen MR) is 117 cm³/mol. The van der Waals surface area contributed by atoms with Crippen molar-refractivity contribution in [1.82, 2.24) is 0 Å². The Morgan fingerprint density at radius 3 is 2.32 bits per heavy atom. The Hall–Kier alpha value is -2.08. The molecule has 1 N–H and O–H groups in total. The van der Waals surface area contributed by atoms with Gasteiger partial charge in [0, 0.05) is 6.42 Å². The van der Waals surface area contributed by atoms with Crippen molar-refractivity contribution < 1.29 is 28.9 Å². The highest BCUT2D eigenvalue weighted by Crippen LogP contribution is 2.29. The smallest absolute Gasteiger partial charge is 0.431 e. The van der Waals surface area contributed by atoms with Crippen molar-refractivity contribution >= 4 is 12.1 Å². The van der Waals surface area contributed by atoms with Crippen molar-refractivity contribution in [1.29, 1.82) is 0 Å². The molecular formula is C25H36O6. The minimum atomic E-state index is -0.950. The van der Waals surface area contributed by atoms with Crippen LogP contribution in [0.1, 0.15) is 88.7 Å². The number of carbonyl (C=O) groups is 2. The van der Waals surface area contributed by atoms with Crippen LogP contribution in [-0.4, -0.2) is 35.7 Å². The molecule has 4 atom stereocenters. The molecule has 0 bridgehead atoms. The highest BCUT2D eigenvalue weighted by Gasteiger charge is 2.27. The van der Waals surface area contributed by atoms with E-state index in [9.17, 15) is 14.7 Å². The fourth-order valence-corrected chi connectivity index (χ4v) is 4.51. The molecule has 0 aliphatic heterocycles. The second kappa shape index (κ2) is 11.5. The number of hydrogen-bond acceptors (Lipinski definition) is 6. The second-order valence-electron chi connectivity index (χ2n) is 8.95. The van der Waals surface area contributed by atoms with Crippen molar-refractivity contribution in [2.24, 2.45) is 5.92 Å². The van der Waals surface area contributed by atoms with Gasteiger partial charge in [-0.05, 0) is 68.9 Å². The topological polar surface area (TPSA) is 82.1 Å². The Balaban J connectivity index is 1.48. The molecular weight excluding hydrogens is 396 g/mol. The molecule has 0 aromatic heterocycles. The molecule has 0 heterocycles. The van der Waals surface area contributed by atoms with Crippen molar-refractivity contribution in [3.8, 4) is 0 Å². The van der Waals surface area contributed by atoms with Gasteiger partial charge in [-0.2, -0.15) is 0 Å². The van der Waals surface area contributed by atoms with Crippen LogP contribution in [0.25, 0.3) is 0 Å². The summed E-state index contributed by atoms with van der Waals surface area (Å²) in [5.74, 6) is -0.585. The van der Waals surface area contributed by atoms with Gasteiger partial charge >= 0.3 is 12.1 Å². The van der Waals surface area contributed by atoms with Crippen molar-refractivity contribution in [2.75, 3.05) is 0 Å². The zero-order valence-corrected chi connectivity index (χ0v) is 18.8. The fourth-order valence-electron chi connectivity index (χ4n) is 4.51. The SMILES string of the molecule is CCC(OC(=O)OC1CCCCC1)OC(=O)[C@@H](C)c1ccc(C[C@H]2CCC[C@@H]2O)cc1. The summed E-state index contributed by atoms with van der Waals surface area (Å²) in [6.45, 7) is 3.58. The van der Waals surface area contributed by atoms with Crippen molar-refractivity contribution in [3.63, 3.8) is 0 Å². The van der Waals surface area contributed by atoms with Crippen LogP contribution in [0.15, 0.2) is 24.3 Å². The maximum Gasteiger partial charge on any atom is 0.511 e. The Kier molecular flexibility index (Phi) is 8.76. The number of aliphatic hydroxyl groups excluding tert-OH is 1. The zero-order chi connectivity index (χ0) is 22.2. The molecule has 0 radical (unpaired) electrons. The molecule has 1 aromatic rings. The van der Waals surface area contributed by atoms with E-state index in [2.05, 4.69) is 0 Å². The van der Waals surface area contributed by atoms with Crippen LogP contribution in [0.2, 0.25) is 0 Å². The molecule has 2 fully saturated rings. The van der Waals surface area contributed by atoms with Gasteiger partial charge in [-0.3, -0.25) is 4.79 Å². The molecule has 172 valence electrons. The molecule has 3 rings (SSSR count). The van der Waals surface area contributed by atoms with Gasteiger partial charge in [-0.15, -0.1) is 0 Å². The van der Waals surface area contributed by atoms with E-state index in [1.807, 2.05) is 24.3 Å². The average molecular weight is 433 g/mol. The minimum Gasteiger partial charge on any atom is -0.431 e. The van der Waals surface area contributed by atoms with E-state index in [1.165, 1.54) is 6.42 Å². The quantitative estimate of drug-likeness (QED) is 0.446. The van der Waals surface area contributed by atoms with Gasteiger partial charge in [0.15, 0.2) is 0 Å². The molecule has 1 unspecified atom stereocenters. The number of hydrogen-bond donors (Lipinski definition) is 1. The third kappa shape index (κ3) is 6.96. The van der Waals surface area contributed by atoms with E-state index < -0.39 is 24.3 Å². The Bertz CT molecular complexity index is 709. The van der Waals surface area contributed by atoms with Gasteiger partial charge in [0.05, 0.1) is 12.0 Å². The van der Waals surface area contributed by atoms with Crippen LogP contribution >= 0.6 is 0 Å². The number of rotatable bonds is 8. The summed E-state index contributed by atoms with van der Waals surface area (Å²) >= 11 is 0. The first-order valence-corrected chi connectivity index (χ1v) is 11.8. The van der Waals surface area contributed by atoms with Gasteiger partial charge < -0.3 is 19.3 Å². The van der Waals surface area contributed by atoms with Gasteiger partial charge in [0.1, 0.15) is 6.10 Å². The van der Waals surface area contributed by atoms with Crippen LogP contribution in [-0.2, 0) is 25.4 Å². The van der Waals surface area contributed by atoms with Crippen molar-refractivity contribution in [2.45, 2.75) is 102 Å². The third-order valence-corrected chi connectivity index (χ3v) is 6.57. The lowest BCUT2D eigenvalue weighted by Gasteiger charge is -2.23. The lowest BCUT2D eigenvalue weighted by atomic mass is 9.93. The molecule has 6 heteroatoms. The van der Waals surface area contributed by atoms with E-state index in [-0.39, 0.29) is 12.2 Å². The molecule has 0 saturated heterocycles. The van der Waals surface area contributed by atoms with Crippen LogP contribution in [0, 0.1) is 5.92 Å². The molecule has 31 heavy (non-hydrogen) atoms. The maximum atomic E-state index is 12.6. The lowest BCUT2D eigenvalue weighted by Crippen LogP contribution is -2.29. The highest BCUT2D eigenvalue weighted by molar-refractivity contribution is 5.78. The van der Waals surface area contributed by atoms with Gasteiger partial charge in [-0.25, -0.2) is 4.79 Å². The summed E-state index contributed by atoms with van der Waals surface area (Å²) in [4.78, 5) is 24.7. The first kappa shape index (κ1) is 23.6. The first-order valence-electron chi connectivity index (χ1n) is 11.8. The first-order chi connectivity index (χ1) is 15.0. The predicted octanol–water partition coefficient (Wildman–Crippen LogP) is 5.26. The Labute approximate surface area is 185 Å². The number of aliphatic hydroxyl groups is 1. The summed E-state index contributed by atoms with van der Waals surface area (Å²) in [6, 6.07) is 7.89. The molecule has 2 aliphatic rings. The van der Waals surface area contributed by atoms with Crippen molar-refractivity contribution in [3.05, 3.63) is 35.4 Å². The monoisotopic (exact) mass is 432 g/mol. The van der Waals surface area contributed by atoms with Crippen LogP contribution in [0.4, 0.5) is 4.79 Å². The number of esters is 1. The molecule has 0 spiro atoms. The number of ether oxygens (including phenoxy) is 3. The fraction of sp³-hybridized carbons (Fsp3) is 0.680. The summed E-state index contributed by atoms with van der Waals surface area (Å²) in [5.41, 5.74) is 2.01. The Morgan fingerprint density at radius 1 is 1.00 bits per heavy atom. The molecule has 1 aromatic carbocycles. The summed E-state index contributed by atoms with van der Waals surface area (Å²) < 4.78 is 16.0. The number of benzene rings is 1. The molecule has 2 saturated carbocycles. The zero-order valence-electron chi connectivity index (χ0n) is 18.8. The third-order valence-electron chi connectivity index (χ3n) is 6.57. The van der Waals surface area contributed by atoms with Crippen LogP contribution < -0.4 is 0 Å². The molecule has 2 aliphatic carbocycles. The Morgan fingerprint density at radius 2 is 1.71 bits per heavy atom. The van der Waals surface area contributed by atoms with E-state index in [0.717, 1.165) is 62.5 Å². The lowest BCUT2D eigenvalue weighted by molar-refractivity contribution is -0.174. The van der Waals surface area contributed by atoms with E-state index in [0.29, 0.717) is 12.3 Å².